The molecule has 2 aromatic rings. The number of anilines is 1. The van der Waals surface area contributed by atoms with Gasteiger partial charge in [0.05, 0.1) is 17.6 Å². The van der Waals surface area contributed by atoms with Crippen LogP contribution in [0.15, 0.2) is 11.1 Å². The van der Waals surface area contributed by atoms with E-state index in [4.69, 9.17) is 5.26 Å². The molecule has 0 amide bonds. The second kappa shape index (κ2) is 4.40. The second-order valence-electron chi connectivity index (χ2n) is 4.01. The summed E-state index contributed by atoms with van der Waals surface area (Å²) in [6.07, 6.45) is 1.30. The summed E-state index contributed by atoms with van der Waals surface area (Å²) >= 11 is 0. The number of aryl methyl sites for hydroxylation is 3. The Labute approximate surface area is 110 Å². The topological polar surface area (TPSA) is 116 Å². The van der Waals surface area contributed by atoms with Crippen LogP contribution >= 0.6 is 0 Å². The monoisotopic (exact) mass is 280 g/mol. The Balaban J connectivity index is 2.49. The van der Waals surface area contributed by atoms with Crippen LogP contribution in [0.5, 0.6) is 0 Å². The Morgan fingerprint density at radius 3 is 2.68 bits per heavy atom. The summed E-state index contributed by atoms with van der Waals surface area (Å²) in [5.41, 5.74) is 0.959. The van der Waals surface area contributed by atoms with Gasteiger partial charge in [-0.2, -0.15) is 15.5 Å². The molecule has 0 spiro atoms. The Hall–Kier alpha value is -2.34. The van der Waals surface area contributed by atoms with Gasteiger partial charge in [0.25, 0.3) is 10.0 Å². The zero-order valence-corrected chi connectivity index (χ0v) is 11.4. The number of nitrogens with one attached hydrogen (secondary N) is 2. The molecule has 9 heteroatoms. The number of nitriles is 1. The van der Waals surface area contributed by atoms with Crippen LogP contribution in [0.25, 0.3) is 0 Å². The predicted octanol–water partition coefficient (Wildman–Crippen LogP) is 0.433. The highest BCUT2D eigenvalue weighted by Crippen LogP contribution is 2.22. The lowest BCUT2D eigenvalue weighted by atomic mass is 10.4. The first-order chi connectivity index (χ1) is 8.86. The van der Waals surface area contributed by atoms with Crippen molar-refractivity contribution in [3.63, 3.8) is 0 Å². The Kier molecular flexibility index (Phi) is 3.03. The molecule has 0 aromatic carbocycles. The number of aromatic amines is 1. The lowest BCUT2D eigenvalue weighted by Gasteiger charge is -2.08. The number of sulfonamides is 1. The molecule has 0 saturated heterocycles. The average molecular weight is 280 g/mol. The maximum Gasteiger partial charge on any atom is 0.266 e. The van der Waals surface area contributed by atoms with E-state index in [-0.39, 0.29) is 16.3 Å². The molecule has 0 saturated carbocycles. The molecule has 8 nitrogen and oxygen atoms in total. The Morgan fingerprint density at radius 1 is 1.47 bits per heavy atom. The van der Waals surface area contributed by atoms with E-state index in [1.807, 2.05) is 6.07 Å². The van der Waals surface area contributed by atoms with Crippen molar-refractivity contribution in [2.45, 2.75) is 18.7 Å². The van der Waals surface area contributed by atoms with Gasteiger partial charge in [0, 0.05) is 7.05 Å². The van der Waals surface area contributed by atoms with Crippen molar-refractivity contribution in [1.82, 2.24) is 20.0 Å². The number of H-pyrrole nitrogens is 1. The van der Waals surface area contributed by atoms with Crippen LogP contribution in [0, 0.1) is 25.2 Å². The second-order valence-corrected chi connectivity index (χ2v) is 5.63. The van der Waals surface area contributed by atoms with Gasteiger partial charge in [0.15, 0.2) is 5.82 Å². The molecule has 0 aliphatic heterocycles. The van der Waals surface area contributed by atoms with Crippen LogP contribution in [0.3, 0.4) is 0 Å². The molecule has 0 unspecified atom stereocenters. The summed E-state index contributed by atoms with van der Waals surface area (Å²) in [5.74, 6) is 0.127. The fraction of sp³-hybridized carbons (Fsp3) is 0.300. The van der Waals surface area contributed by atoms with Crippen LogP contribution in [0.1, 0.15) is 17.0 Å². The third kappa shape index (κ3) is 2.17. The number of aromatic nitrogens is 4. The highest BCUT2D eigenvalue weighted by Gasteiger charge is 2.24. The van der Waals surface area contributed by atoms with Crippen molar-refractivity contribution in [3.05, 3.63) is 23.1 Å². The lowest BCUT2D eigenvalue weighted by Crippen LogP contribution is -2.17. The van der Waals surface area contributed by atoms with E-state index in [0.29, 0.717) is 11.4 Å². The molecule has 100 valence electrons. The largest absolute Gasteiger partial charge is 0.281 e. The first kappa shape index (κ1) is 13.1. The van der Waals surface area contributed by atoms with E-state index >= 15 is 0 Å². The zero-order valence-electron chi connectivity index (χ0n) is 10.6. The first-order valence-electron chi connectivity index (χ1n) is 5.33. The van der Waals surface area contributed by atoms with Gasteiger partial charge in [-0.3, -0.25) is 14.5 Å². The molecule has 2 rings (SSSR count). The minimum absolute atomic E-state index is 0.0811. The molecule has 0 atom stereocenters. The molecule has 19 heavy (non-hydrogen) atoms. The van der Waals surface area contributed by atoms with Crippen molar-refractivity contribution >= 4 is 15.8 Å². The maximum atomic E-state index is 12.3. The SMILES string of the molecule is Cc1n[nH]c(C)c1S(=O)(=O)Nc1c(C#N)cnn1C. The van der Waals surface area contributed by atoms with Crippen LogP contribution in [0.2, 0.25) is 0 Å². The highest BCUT2D eigenvalue weighted by atomic mass is 32.2. The van der Waals surface area contributed by atoms with Crippen molar-refractivity contribution < 1.29 is 8.42 Å². The molecule has 2 heterocycles. The van der Waals surface area contributed by atoms with Gasteiger partial charge in [-0.15, -0.1) is 0 Å². The summed E-state index contributed by atoms with van der Waals surface area (Å²) in [7, 11) is -2.26. The molecular formula is C10H12N6O2S. The van der Waals surface area contributed by atoms with Gasteiger partial charge in [-0.1, -0.05) is 0 Å². The fourth-order valence-corrected chi connectivity index (χ4v) is 3.24. The maximum absolute atomic E-state index is 12.3. The molecule has 0 aliphatic rings. The van der Waals surface area contributed by atoms with Gasteiger partial charge < -0.3 is 0 Å². The molecular weight excluding hydrogens is 268 g/mol. The lowest BCUT2D eigenvalue weighted by molar-refractivity contribution is 0.599. The number of nitrogens with zero attached hydrogens (tertiary/aromatic N) is 4. The standard InChI is InChI=1S/C10H12N6O2S/c1-6-9(7(2)14-13-6)19(17,18)15-10-8(4-11)5-12-16(10)3/h5,15H,1-3H3,(H,13,14). The van der Waals surface area contributed by atoms with Crippen LogP contribution in [-0.2, 0) is 17.1 Å². The van der Waals surface area contributed by atoms with E-state index in [1.54, 1.807) is 20.9 Å². The van der Waals surface area contributed by atoms with Gasteiger partial charge >= 0.3 is 0 Å². The predicted molar refractivity (Wildman–Crippen MR) is 66.8 cm³/mol. The third-order valence-corrected chi connectivity index (χ3v) is 4.22. The zero-order chi connectivity index (χ0) is 14.2. The minimum Gasteiger partial charge on any atom is -0.281 e. The quantitative estimate of drug-likeness (QED) is 0.845. The highest BCUT2D eigenvalue weighted by molar-refractivity contribution is 7.92. The smallest absolute Gasteiger partial charge is 0.266 e. The average Bonchev–Trinajstić information content (AvgIpc) is 2.84. The van der Waals surface area contributed by atoms with Crippen molar-refractivity contribution in [1.29, 1.82) is 5.26 Å². The molecule has 0 radical (unpaired) electrons. The summed E-state index contributed by atoms with van der Waals surface area (Å²) in [5, 5.41) is 19.2. The summed E-state index contributed by atoms with van der Waals surface area (Å²) in [6, 6.07) is 1.88. The Morgan fingerprint density at radius 2 is 2.16 bits per heavy atom. The van der Waals surface area contributed by atoms with Crippen LogP contribution in [-0.4, -0.2) is 28.4 Å². The molecule has 2 aromatic heterocycles. The molecule has 0 aliphatic carbocycles. The number of rotatable bonds is 3. The van der Waals surface area contributed by atoms with Crippen LogP contribution in [0.4, 0.5) is 5.82 Å². The fourth-order valence-electron chi connectivity index (χ4n) is 1.76. The van der Waals surface area contributed by atoms with Gasteiger partial charge in [-0.25, -0.2) is 8.42 Å². The third-order valence-electron chi connectivity index (χ3n) is 2.62. The van der Waals surface area contributed by atoms with Crippen molar-refractivity contribution in [2.75, 3.05) is 4.72 Å². The summed E-state index contributed by atoms with van der Waals surface area (Å²) in [6.45, 7) is 3.20. The summed E-state index contributed by atoms with van der Waals surface area (Å²) in [4.78, 5) is 0.0811. The Bertz CT molecular complexity index is 745. The van der Waals surface area contributed by atoms with Gasteiger partial charge in [-0.05, 0) is 13.8 Å². The van der Waals surface area contributed by atoms with Gasteiger partial charge in [0.1, 0.15) is 16.5 Å². The van der Waals surface area contributed by atoms with Gasteiger partial charge in [0.2, 0.25) is 0 Å². The van der Waals surface area contributed by atoms with Crippen LogP contribution < -0.4 is 4.72 Å². The molecule has 2 N–H and O–H groups in total. The van der Waals surface area contributed by atoms with E-state index in [0.717, 1.165) is 0 Å². The summed E-state index contributed by atoms with van der Waals surface area (Å²) < 4.78 is 28.3. The first-order valence-corrected chi connectivity index (χ1v) is 6.81. The van der Waals surface area contributed by atoms with E-state index in [1.165, 1.54) is 10.9 Å². The molecule has 0 bridgehead atoms. The number of hydrogen-bond acceptors (Lipinski definition) is 5. The molecule has 0 fully saturated rings. The van der Waals surface area contributed by atoms with E-state index in [2.05, 4.69) is 20.0 Å². The van der Waals surface area contributed by atoms with E-state index < -0.39 is 10.0 Å². The minimum atomic E-state index is -3.81. The van der Waals surface area contributed by atoms with E-state index in [9.17, 15) is 8.42 Å². The number of hydrogen-bond donors (Lipinski definition) is 2. The normalized spacial score (nSPS) is 11.3. The van der Waals surface area contributed by atoms with Crippen molar-refractivity contribution in [3.8, 4) is 6.07 Å². The van der Waals surface area contributed by atoms with Crippen molar-refractivity contribution in [2.24, 2.45) is 7.05 Å².